The van der Waals surface area contributed by atoms with Crippen molar-refractivity contribution < 1.29 is 26.8 Å². The van der Waals surface area contributed by atoms with E-state index in [9.17, 15) is 22.4 Å². The van der Waals surface area contributed by atoms with Gasteiger partial charge in [0.25, 0.3) is 11.8 Å². The topological polar surface area (TPSA) is 105 Å². The smallest absolute Gasteiger partial charge is 0.270 e. The molecule has 0 radical (unpaired) electrons. The van der Waals surface area contributed by atoms with Gasteiger partial charge < -0.3 is 19.2 Å². The van der Waals surface area contributed by atoms with Crippen molar-refractivity contribution in [1.29, 1.82) is 0 Å². The van der Waals surface area contributed by atoms with Crippen molar-refractivity contribution in [2.24, 2.45) is 0 Å². The van der Waals surface area contributed by atoms with Crippen LogP contribution in [-0.4, -0.2) is 63.1 Å². The minimum atomic E-state index is -3.67. The fourth-order valence-corrected chi connectivity index (χ4v) is 7.04. The van der Waals surface area contributed by atoms with Crippen molar-refractivity contribution >= 4 is 49.4 Å². The Bertz CT molecular complexity index is 2100. The second kappa shape index (κ2) is 11.9. The molecule has 0 saturated carbocycles. The maximum Gasteiger partial charge on any atom is 0.270 e. The van der Waals surface area contributed by atoms with Gasteiger partial charge in [-0.05, 0) is 56.5 Å². The standard InChI is InChI=1S/C35H37FN4O5S/c1-6-40-28-11-7-10-27(36)25(28)18-30(40)35(42)39-16-8-9-23(20-39)24-17-26-31(19-29(24)38(4)46(5,43)44)45-33(32(26)34(41)37-3)22-14-12-21(2)13-15-22/h7,10-15,17-19,23H,6,8-9,16,20H2,1-5H3,(H,37,41)/t23-/m1/s1. The highest BCUT2D eigenvalue weighted by Gasteiger charge is 2.32. The van der Waals surface area contributed by atoms with E-state index in [1.165, 1.54) is 17.4 Å². The molecule has 3 heterocycles. The number of nitrogens with zero attached hydrogens (tertiary/aromatic N) is 3. The number of carbonyl (C=O) groups is 2. The first-order valence-corrected chi connectivity index (χ1v) is 17.2. The Morgan fingerprint density at radius 1 is 1.09 bits per heavy atom. The van der Waals surface area contributed by atoms with Crippen molar-refractivity contribution in [1.82, 2.24) is 14.8 Å². The van der Waals surface area contributed by atoms with Crippen molar-refractivity contribution in [3.63, 3.8) is 0 Å². The van der Waals surface area contributed by atoms with E-state index in [0.29, 0.717) is 82.6 Å². The lowest BCUT2D eigenvalue weighted by molar-refractivity contribution is 0.0696. The van der Waals surface area contributed by atoms with Crippen LogP contribution < -0.4 is 9.62 Å². The molecule has 1 aliphatic heterocycles. The monoisotopic (exact) mass is 644 g/mol. The first kappa shape index (κ1) is 31.3. The molecule has 0 spiro atoms. The number of fused-ring (bicyclic) bond motifs is 2. The van der Waals surface area contributed by atoms with E-state index >= 15 is 0 Å². The number of halogens is 1. The molecular formula is C35H37FN4O5S. The van der Waals surface area contributed by atoms with E-state index in [2.05, 4.69) is 5.32 Å². The molecule has 6 rings (SSSR count). The number of aromatic nitrogens is 1. The van der Waals surface area contributed by atoms with Crippen molar-refractivity contribution in [3.8, 4) is 11.3 Å². The molecule has 1 aliphatic rings. The van der Waals surface area contributed by atoms with Gasteiger partial charge in [0.1, 0.15) is 22.9 Å². The second-order valence-electron chi connectivity index (χ2n) is 11.9. The van der Waals surface area contributed by atoms with Crippen LogP contribution in [0.1, 0.15) is 57.7 Å². The van der Waals surface area contributed by atoms with Gasteiger partial charge in [0.2, 0.25) is 10.0 Å². The summed E-state index contributed by atoms with van der Waals surface area (Å²) in [6, 6.07) is 17.6. The maximum absolute atomic E-state index is 14.7. The summed E-state index contributed by atoms with van der Waals surface area (Å²) in [6.07, 6.45) is 2.51. The SMILES string of the molecule is CCn1c(C(=O)N2CCC[C@@H](c3cc4c(C(=O)NC)c(-c5ccc(C)cc5)oc4cc3N(C)S(C)(=O)=O)C2)cc2c(F)cccc21. The molecule has 46 heavy (non-hydrogen) atoms. The summed E-state index contributed by atoms with van der Waals surface area (Å²) < 4.78 is 49.7. The summed E-state index contributed by atoms with van der Waals surface area (Å²) >= 11 is 0. The van der Waals surface area contributed by atoms with E-state index < -0.39 is 10.0 Å². The number of hydrogen-bond donors (Lipinski definition) is 1. The van der Waals surface area contributed by atoms with E-state index in [4.69, 9.17) is 4.42 Å². The van der Waals surface area contributed by atoms with Gasteiger partial charge in [-0.3, -0.25) is 13.9 Å². The molecule has 2 aromatic heterocycles. The van der Waals surface area contributed by atoms with Crippen LogP contribution in [0.25, 0.3) is 33.2 Å². The van der Waals surface area contributed by atoms with E-state index in [0.717, 1.165) is 17.4 Å². The van der Waals surface area contributed by atoms with Crippen LogP contribution in [0.3, 0.4) is 0 Å². The maximum atomic E-state index is 14.7. The first-order valence-electron chi connectivity index (χ1n) is 15.3. The zero-order chi connectivity index (χ0) is 32.9. The molecule has 0 bridgehead atoms. The summed E-state index contributed by atoms with van der Waals surface area (Å²) in [5.74, 6) is -0.775. The van der Waals surface area contributed by atoms with Crippen LogP contribution in [0.5, 0.6) is 0 Å². The Morgan fingerprint density at radius 3 is 2.50 bits per heavy atom. The molecule has 3 aromatic carbocycles. The zero-order valence-electron chi connectivity index (χ0n) is 26.6. The Kier molecular flexibility index (Phi) is 8.14. The fraction of sp³-hybridized carbons (Fsp3) is 0.314. The largest absolute Gasteiger partial charge is 0.455 e. The van der Waals surface area contributed by atoms with E-state index in [1.807, 2.05) is 48.7 Å². The zero-order valence-corrected chi connectivity index (χ0v) is 27.4. The third kappa shape index (κ3) is 5.42. The Labute approximate surface area is 267 Å². The highest BCUT2D eigenvalue weighted by Crippen LogP contribution is 2.42. The molecule has 1 N–H and O–H groups in total. The summed E-state index contributed by atoms with van der Waals surface area (Å²) in [5.41, 5.74) is 4.70. The Hall–Kier alpha value is -4.64. The number of furan rings is 1. The van der Waals surface area contributed by atoms with Gasteiger partial charge in [0, 0.05) is 62.0 Å². The molecule has 11 heteroatoms. The molecule has 9 nitrogen and oxygen atoms in total. The molecule has 0 aliphatic carbocycles. The molecule has 5 aromatic rings. The van der Waals surface area contributed by atoms with Crippen molar-refractivity contribution in [2.75, 3.05) is 37.7 Å². The lowest BCUT2D eigenvalue weighted by Gasteiger charge is -2.35. The number of carbonyl (C=O) groups excluding carboxylic acids is 2. The van der Waals surface area contributed by atoms with E-state index in [1.54, 1.807) is 36.2 Å². The average Bonchev–Trinajstić information content (AvgIpc) is 3.62. The van der Waals surface area contributed by atoms with Crippen molar-refractivity contribution in [2.45, 2.75) is 39.2 Å². The van der Waals surface area contributed by atoms with Crippen molar-refractivity contribution in [3.05, 3.63) is 88.9 Å². The average molecular weight is 645 g/mol. The molecule has 240 valence electrons. The number of piperidine rings is 1. The second-order valence-corrected chi connectivity index (χ2v) is 13.9. The fourth-order valence-electron chi connectivity index (χ4n) is 6.53. The van der Waals surface area contributed by atoms with Gasteiger partial charge in [-0.1, -0.05) is 35.9 Å². The highest BCUT2D eigenvalue weighted by molar-refractivity contribution is 7.92. The molecule has 1 saturated heterocycles. The predicted molar refractivity (Wildman–Crippen MR) is 178 cm³/mol. The van der Waals surface area contributed by atoms with Crippen LogP contribution in [-0.2, 0) is 16.6 Å². The first-order chi connectivity index (χ1) is 21.9. The highest BCUT2D eigenvalue weighted by atomic mass is 32.2. The van der Waals surface area contributed by atoms with Crippen LogP contribution in [0.4, 0.5) is 10.1 Å². The van der Waals surface area contributed by atoms with Gasteiger partial charge in [-0.15, -0.1) is 0 Å². The predicted octanol–water partition coefficient (Wildman–Crippen LogP) is 6.30. The summed E-state index contributed by atoms with van der Waals surface area (Å²) in [6.45, 7) is 5.22. The number of nitrogens with one attached hydrogen (secondary N) is 1. The lowest BCUT2D eigenvalue weighted by atomic mass is 9.88. The number of anilines is 1. The number of amides is 2. The third-order valence-corrected chi connectivity index (χ3v) is 10.2. The number of aryl methyl sites for hydroxylation is 2. The van der Waals surface area contributed by atoms with Crippen LogP contribution in [0, 0.1) is 12.7 Å². The summed E-state index contributed by atoms with van der Waals surface area (Å²) in [7, 11) is -0.631. The molecule has 0 unspecified atom stereocenters. The van der Waals surface area contributed by atoms with Crippen LogP contribution in [0.15, 0.2) is 65.1 Å². The lowest BCUT2D eigenvalue weighted by Crippen LogP contribution is -2.40. The van der Waals surface area contributed by atoms with Crippen LogP contribution >= 0.6 is 0 Å². The number of benzene rings is 3. The number of sulfonamides is 1. The summed E-state index contributed by atoms with van der Waals surface area (Å²) in [5, 5.41) is 3.67. The summed E-state index contributed by atoms with van der Waals surface area (Å²) in [4.78, 5) is 29.1. The third-order valence-electron chi connectivity index (χ3n) is 9.02. The van der Waals surface area contributed by atoms with E-state index in [-0.39, 0.29) is 23.5 Å². The van der Waals surface area contributed by atoms with Gasteiger partial charge in [0.15, 0.2) is 0 Å². The van der Waals surface area contributed by atoms with Gasteiger partial charge in [-0.25, -0.2) is 12.8 Å². The van der Waals surface area contributed by atoms with Gasteiger partial charge >= 0.3 is 0 Å². The molecule has 1 fully saturated rings. The quantitative estimate of drug-likeness (QED) is 0.224. The minimum absolute atomic E-state index is 0.211. The Morgan fingerprint density at radius 2 is 1.83 bits per heavy atom. The number of likely N-dealkylation sites (tertiary alicyclic amines) is 1. The number of rotatable bonds is 7. The molecule has 2 amide bonds. The van der Waals surface area contributed by atoms with Gasteiger partial charge in [0.05, 0.1) is 23.0 Å². The molecule has 1 atom stereocenters. The number of hydrogen-bond acceptors (Lipinski definition) is 5. The minimum Gasteiger partial charge on any atom is -0.455 e. The van der Waals surface area contributed by atoms with Crippen LogP contribution in [0.2, 0.25) is 0 Å². The normalized spacial score (nSPS) is 15.4. The molecular weight excluding hydrogens is 607 g/mol. The Balaban J connectivity index is 1.47. The van der Waals surface area contributed by atoms with Gasteiger partial charge in [-0.2, -0.15) is 0 Å².